The van der Waals surface area contributed by atoms with Gasteiger partial charge >= 0.3 is 17.8 Å². The number of carboxylic acid groups (broad SMARTS) is 2. The molecule has 1 amide bonds. The molecule has 0 saturated heterocycles. The van der Waals surface area contributed by atoms with Crippen LogP contribution in [0.25, 0.3) is 0 Å². The van der Waals surface area contributed by atoms with Crippen LogP contribution in [0, 0.1) is 0 Å². The summed E-state index contributed by atoms with van der Waals surface area (Å²) in [6, 6.07) is 0. The third-order valence-electron chi connectivity index (χ3n) is 3.19. The Kier molecular flexibility index (Phi) is 4.05. The number of nitrogens with one attached hydrogen (secondary N) is 1. The van der Waals surface area contributed by atoms with Crippen LogP contribution in [0.1, 0.15) is 27.2 Å². The van der Waals surface area contributed by atoms with Crippen molar-refractivity contribution in [2.75, 3.05) is 12.4 Å². The number of carboxylic acids is 2. The van der Waals surface area contributed by atoms with Crippen molar-refractivity contribution in [2.24, 2.45) is 0 Å². The molecule has 0 spiro atoms. The van der Waals surface area contributed by atoms with E-state index < -0.39 is 17.8 Å². The number of amides is 1. The fraction of sp³-hybridized carbons (Fsp3) is 0.417. The zero-order chi connectivity index (χ0) is 14.9. The van der Waals surface area contributed by atoms with Crippen LogP contribution in [-0.2, 0) is 27.2 Å². The molecule has 0 saturated carbocycles. The van der Waals surface area contributed by atoms with E-state index in [-0.39, 0.29) is 16.7 Å². The average molecular weight is 299 g/mol. The van der Waals surface area contributed by atoms with Gasteiger partial charge in [0.25, 0.3) is 0 Å². The van der Waals surface area contributed by atoms with Crippen LogP contribution in [0.5, 0.6) is 0 Å². The lowest BCUT2D eigenvalue weighted by Crippen LogP contribution is -2.23. The number of aromatic carboxylic acids is 1. The second kappa shape index (κ2) is 5.59. The molecule has 7 nitrogen and oxygen atoms in total. The van der Waals surface area contributed by atoms with Crippen molar-refractivity contribution in [1.29, 1.82) is 0 Å². The third-order valence-corrected chi connectivity index (χ3v) is 4.36. The largest absolute Gasteiger partial charge is 0.478 e. The lowest BCUT2D eigenvalue weighted by atomic mass is 9.93. The highest BCUT2D eigenvalue weighted by atomic mass is 32.1. The first-order chi connectivity index (χ1) is 9.43. The summed E-state index contributed by atoms with van der Waals surface area (Å²) in [7, 11) is 1.59. The van der Waals surface area contributed by atoms with Crippen LogP contribution in [0.4, 0.5) is 5.00 Å². The molecule has 3 N–H and O–H groups in total. The molecule has 8 heteroatoms. The topological polar surface area (TPSA) is 113 Å². The number of ether oxygens (including phenoxy) is 1. The van der Waals surface area contributed by atoms with Crippen molar-refractivity contribution in [2.45, 2.75) is 25.4 Å². The number of hydrogen-bond donors (Lipinski definition) is 3. The Hall–Kier alpha value is -1.93. The highest BCUT2D eigenvalue weighted by Gasteiger charge is 2.30. The molecule has 0 fully saturated rings. The Balaban J connectivity index is 2.38. The zero-order valence-corrected chi connectivity index (χ0v) is 11.5. The van der Waals surface area contributed by atoms with Crippen molar-refractivity contribution >= 4 is 34.2 Å². The maximum absolute atomic E-state index is 11.3. The number of aliphatic carboxylic acids is 1. The second-order valence-electron chi connectivity index (χ2n) is 4.37. The van der Waals surface area contributed by atoms with E-state index in [1.165, 1.54) is 0 Å². The molecule has 1 atom stereocenters. The van der Waals surface area contributed by atoms with Gasteiger partial charge in [-0.05, 0) is 18.4 Å². The van der Waals surface area contributed by atoms with Gasteiger partial charge in [-0.1, -0.05) is 0 Å². The van der Waals surface area contributed by atoms with Crippen LogP contribution < -0.4 is 5.32 Å². The molecular formula is C12H13NO6S. The lowest BCUT2D eigenvalue weighted by molar-refractivity contribution is -0.147. The molecule has 1 aliphatic carbocycles. The number of carbonyl (C=O) groups excluding carboxylic acids is 1. The minimum absolute atomic E-state index is 0.00541. The van der Waals surface area contributed by atoms with Gasteiger partial charge in [-0.15, -0.1) is 11.3 Å². The summed E-state index contributed by atoms with van der Waals surface area (Å²) < 4.78 is 5.25. The van der Waals surface area contributed by atoms with Crippen LogP contribution in [-0.4, -0.2) is 41.3 Å². The lowest BCUT2D eigenvalue weighted by Gasteiger charge is -2.20. The number of fused-ring (bicyclic) bond motifs is 1. The number of anilines is 1. The first-order valence-electron chi connectivity index (χ1n) is 5.89. The van der Waals surface area contributed by atoms with E-state index in [4.69, 9.17) is 9.84 Å². The van der Waals surface area contributed by atoms with Crippen LogP contribution >= 0.6 is 11.3 Å². The maximum atomic E-state index is 11.3. The van der Waals surface area contributed by atoms with Gasteiger partial charge in [0.2, 0.25) is 0 Å². The Morgan fingerprint density at radius 3 is 2.60 bits per heavy atom. The summed E-state index contributed by atoms with van der Waals surface area (Å²) in [6.45, 7) is 0. The molecular weight excluding hydrogens is 286 g/mol. The minimum Gasteiger partial charge on any atom is -0.478 e. The summed E-state index contributed by atoms with van der Waals surface area (Å²) in [5.74, 6) is -4.06. The first-order valence-corrected chi connectivity index (χ1v) is 6.70. The quantitative estimate of drug-likeness (QED) is 0.717. The van der Waals surface area contributed by atoms with Gasteiger partial charge in [0.05, 0.1) is 11.7 Å². The molecule has 1 aromatic rings. The standard InChI is InChI=1S/C12H13NO6S/c1-19-5-2-3-6-7(4-5)20-10(8(6)11(15)16)13-9(14)12(17)18/h5H,2-4H2,1H3,(H,13,14)(H,15,16)(H,17,18). The zero-order valence-electron chi connectivity index (χ0n) is 10.6. The van der Waals surface area contributed by atoms with Gasteiger partial charge in [-0.25, -0.2) is 9.59 Å². The Bertz CT molecular complexity index is 579. The van der Waals surface area contributed by atoms with Crippen molar-refractivity contribution in [3.8, 4) is 0 Å². The number of rotatable bonds is 3. The number of methoxy groups -OCH3 is 1. The summed E-state index contributed by atoms with van der Waals surface area (Å²) in [4.78, 5) is 33.9. The molecule has 1 unspecified atom stereocenters. The average Bonchev–Trinajstić information content (AvgIpc) is 2.75. The molecule has 20 heavy (non-hydrogen) atoms. The SMILES string of the molecule is COC1CCc2c(sc(NC(=O)C(=O)O)c2C(=O)O)C1. The van der Waals surface area contributed by atoms with Crippen molar-refractivity contribution in [3.05, 3.63) is 16.0 Å². The van der Waals surface area contributed by atoms with E-state index in [1.807, 2.05) is 0 Å². The van der Waals surface area contributed by atoms with Gasteiger partial charge < -0.3 is 20.3 Å². The molecule has 1 aliphatic rings. The van der Waals surface area contributed by atoms with E-state index >= 15 is 0 Å². The number of carbonyl (C=O) groups is 3. The summed E-state index contributed by atoms with van der Waals surface area (Å²) in [5.41, 5.74) is 0.658. The Labute approximate surface area is 118 Å². The van der Waals surface area contributed by atoms with E-state index in [1.54, 1.807) is 7.11 Å². The predicted octanol–water partition coefficient (Wildman–Crippen LogP) is 0.973. The van der Waals surface area contributed by atoms with E-state index in [2.05, 4.69) is 5.32 Å². The van der Waals surface area contributed by atoms with Crippen LogP contribution in [0.15, 0.2) is 0 Å². The summed E-state index contributed by atoms with van der Waals surface area (Å²) in [5, 5.41) is 20.1. The molecule has 1 aromatic heterocycles. The van der Waals surface area contributed by atoms with E-state index in [9.17, 15) is 19.5 Å². The van der Waals surface area contributed by atoms with Crippen molar-refractivity contribution in [1.82, 2.24) is 0 Å². The highest BCUT2D eigenvalue weighted by molar-refractivity contribution is 7.17. The second-order valence-corrected chi connectivity index (χ2v) is 5.48. The van der Waals surface area contributed by atoms with Gasteiger partial charge in [0.15, 0.2) is 0 Å². The summed E-state index contributed by atoms with van der Waals surface area (Å²) >= 11 is 1.10. The molecule has 2 rings (SSSR count). The van der Waals surface area contributed by atoms with Gasteiger partial charge in [0, 0.05) is 18.4 Å². The van der Waals surface area contributed by atoms with Gasteiger partial charge in [-0.2, -0.15) is 0 Å². The normalized spacial score (nSPS) is 17.4. The number of thiophene rings is 1. The van der Waals surface area contributed by atoms with Crippen molar-refractivity contribution < 1.29 is 29.3 Å². The van der Waals surface area contributed by atoms with Gasteiger partial charge in [0.1, 0.15) is 5.00 Å². The van der Waals surface area contributed by atoms with Crippen LogP contribution in [0.3, 0.4) is 0 Å². The first kappa shape index (κ1) is 14.5. The molecule has 0 radical (unpaired) electrons. The molecule has 1 heterocycles. The smallest absolute Gasteiger partial charge is 0.394 e. The minimum atomic E-state index is -1.65. The van der Waals surface area contributed by atoms with Crippen molar-refractivity contribution in [3.63, 3.8) is 0 Å². The predicted molar refractivity (Wildman–Crippen MR) is 70.4 cm³/mol. The van der Waals surface area contributed by atoms with E-state index in [0.29, 0.717) is 24.8 Å². The molecule has 0 aromatic carbocycles. The molecule has 0 aliphatic heterocycles. The van der Waals surface area contributed by atoms with Gasteiger partial charge in [-0.3, -0.25) is 4.79 Å². The Morgan fingerprint density at radius 2 is 2.05 bits per heavy atom. The fourth-order valence-corrected chi connectivity index (χ4v) is 3.53. The molecule has 0 bridgehead atoms. The van der Waals surface area contributed by atoms with Crippen LogP contribution in [0.2, 0.25) is 0 Å². The Morgan fingerprint density at radius 1 is 1.35 bits per heavy atom. The maximum Gasteiger partial charge on any atom is 0.394 e. The monoisotopic (exact) mass is 299 g/mol. The third kappa shape index (κ3) is 2.66. The highest BCUT2D eigenvalue weighted by Crippen LogP contribution is 2.38. The molecule has 108 valence electrons. The number of hydrogen-bond acceptors (Lipinski definition) is 5. The summed E-state index contributed by atoms with van der Waals surface area (Å²) in [6.07, 6.45) is 1.83. The fourth-order valence-electron chi connectivity index (χ4n) is 2.23. The van der Waals surface area contributed by atoms with E-state index in [0.717, 1.165) is 16.2 Å².